The van der Waals surface area contributed by atoms with Crippen LogP contribution in [-0.4, -0.2) is 19.2 Å². The zero-order chi connectivity index (χ0) is 14.9. The smallest absolute Gasteiger partial charge is 0.187 e. The van der Waals surface area contributed by atoms with Gasteiger partial charge in [0.1, 0.15) is 11.7 Å². The van der Waals surface area contributed by atoms with Crippen LogP contribution in [0.2, 0.25) is 0 Å². The van der Waals surface area contributed by atoms with Crippen molar-refractivity contribution < 1.29 is 9.47 Å². The fourth-order valence-electron chi connectivity index (χ4n) is 1.79. The first-order valence-electron chi connectivity index (χ1n) is 6.95. The zero-order valence-corrected chi connectivity index (χ0v) is 12.2. The zero-order valence-electron chi connectivity index (χ0n) is 12.2. The number of rotatable bonds is 6. The summed E-state index contributed by atoms with van der Waals surface area (Å²) in [4.78, 5) is 8.41. The molecule has 21 heavy (non-hydrogen) atoms. The Kier molecular flexibility index (Phi) is 5.56. The van der Waals surface area contributed by atoms with E-state index in [2.05, 4.69) is 16.0 Å². The number of ether oxygens (including phenoxy) is 2. The third-order valence-corrected chi connectivity index (χ3v) is 2.65. The molecule has 0 spiro atoms. The second-order valence-corrected chi connectivity index (χ2v) is 4.13. The highest BCUT2D eigenvalue weighted by Gasteiger charge is 2.09. The molecule has 0 amide bonds. The first-order chi connectivity index (χ1) is 10.3. The van der Waals surface area contributed by atoms with Crippen molar-refractivity contribution in [2.45, 2.75) is 13.8 Å². The van der Waals surface area contributed by atoms with Gasteiger partial charge in [-0.2, -0.15) is 9.98 Å². The molecular weight excluding hydrogens is 264 g/mol. The van der Waals surface area contributed by atoms with E-state index >= 15 is 0 Å². The molecule has 0 N–H and O–H groups in total. The van der Waals surface area contributed by atoms with Gasteiger partial charge in [-0.15, -0.1) is 0 Å². The predicted molar refractivity (Wildman–Crippen MR) is 84.4 cm³/mol. The van der Waals surface area contributed by atoms with Gasteiger partial charge < -0.3 is 9.47 Å². The third-order valence-electron chi connectivity index (χ3n) is 2.65. The summed E-state index contributed by atoms with van der Waals surface area (Å²) in [5.41, 5.74) is 1.46. The van der Waals surface area contributed by atoms with Crippen molar-refractivity contribution in [1.82, 2.24) is 0 Å². The molecule has 0 fully saturated rings. The molecule has 0 radical (unpaired) electrons. The van der Waals surface area contributed by atoms with Crippen molar-refractivity contribution in [2.24, 2.45) is 9.98 Å². The van der Waals surface area contributed by atoms with E-state index in [0.29, 0.717) is 30.4 Å². The van der Waals surface area contributed by atoms with Gasteiger partial charge in [-0.1, -0.05) is 24.3 Å². The van der Waals surface area contributed by atoms with Crippen LogP contribution in [-0.2, 0) is 0 Å². The Bertz CT molecular complexity index is 632. The summed E-state index contributed by atoms with van der Waals surface area (Å²) in [5, 5.41) is 0. The van der Waals surface area contributed by atoms with Gasteiger partial charge in [-0.05, 0) is 38.1 Å². The summed E-state index contributed by atoms with van der Waals surface area (Å²) in [7, 11) is 0. The first-order valence-corrected chi connectivity index (χ1v) is 6.95. The molecule has 0 heterocycles. The van der Waals surface area contributed by atoms with Crippen molar-refractivity contribution in [1.29, 1.82) is 0 Å². The summed E-state index contributed by atoms with van der Waals surface area (Å²) < 4.78 is 11.2. The van der Waals surface area contributed by atoms with Crippen LogP contribution in [0.25, 0.3) is 0 Å². The second-order valence-electron chi connectivity index (χ2n) is 4.13. The maximum absolute atomic E-state index is 5.62. The lowest BCUT2D eigenvalue weighted by molar-refractivity contribution is 0.289. The third kappa shape index (κ3) is 4.20. The van der Waals surface area contributed by atoms with E-state index in [0.717, 1.165) is 5.69 Å². The molecule has 0 aliphatic heterocycles. The van der Waals surface area contributed by atoms with E-state index in [1.165, 1.54) is 0 Å². The van der Waals surface area contributed by atoms with Crippen molar-refractivity contribution >= 4 is 17.4 Å². The average Bonchev–Trinajstić information content (AvgIpc) is 2.51. The van der Waals surface area contributed by atoms with E-state index < -0.39 is 0 Å². The largest absolute Gasteiger partial charge is 0.490 e. The van der Waals surface area contributed by atoms with E-state index in [4.69, 9.17) is 9.47 Å². The van der Waals surface area contributed by atoms with Crippen LogP contribution in [0.1, 0.15) is 13.8 Å². The first kappa shape index (κ1) is 14.8. The highest BCUT2D eigenvalue weighted by atomic mass is 16.5. The Morgan fingerprint density at radius 3 is 2.33 bits per heavy atom. The van der Waals surface area contributed by atoms with Gasteiger partial charge in [-0.3, -0.25) is 0 Å². The summed E-state index contributed by atoms with van der Waals surface area (Å²) in [6, 6.07) is 17.8. The molecule has 2 aromatic carbocycles. The summed E-state index contributed by atoms with van der Waals surface area (Å²) in [6.07, 6.45) is 0. The van der Waals surface area contributed by atoms with Gasteiger partial charge in [0.2, 0.25) is 0 Å². The average molecular weight is 282 g/mol. The maximum Gasteiger partial charge on any atom is 0.187 e. The van der Waals surface area contributed by atoms with E-state index in [1.54, 1.807) is 0 Å². The molecule has 0 aromatic heterocycles. The molecule has 108 valence electrons. The molecule has 4 nitrogen and oxygen atoms in total. The van der Waals surface area contributed by atoms with Crippen LogP contribution in [0.15, 0.2) is 58.5 Å². The van der Waals surface area contributed by atoms with Crippen LogP contribution >= 0.6 is 0 Å². The molecule has 0 aliphatic carbocycles. The fourth-order valence-corrected chi connectivity index (χ4v) is 1.79. The van der Waals surface area contributed by atoms with E-state index in [1.807, 2.05) is 62.4 Å². The van der Waals surface area contributed by atoms with Crippen molar-refractivity contribution in [3.63, 3.8) is 0 Å². The van der Waals surface area contributed by atoms with Gasteiger partial charge in [0.05, 0.1) is 18.9 Å². The lowest BCUT2D eigenvalue weighted by atomic mass is 10.2. The van der Waals surface area contributed by atoms with Crippen LogP contribution < -0.4 is 9.47 Å². The monoisotopic (exact) mass is 282 g/mol. The number of hydrogen-bond acceptors (Lipinski definition) is 4. The van der Waals surface area contributed by atoms with Crippen molar-refractivity contribution in [2.75, 3.05) is 13.2 Å². The normalized spacial score (nSPS) is 9.62. The Morgan fingerprint density at radius 2 is 1.62 bits per heavy atom. The molecule has 0 unspecified atom stereocenters. The summed E-state index contributed by atoms with van der Waals surface area (Å²) in [6.45, 7) is 4.98. The highest BCUT2D eigenvalue weighted by molar-refractivity contribution is 5.65. The lowest BCUT2D eigenvalue weighted by Crippen LogP contribution is -1.98. The minimum absolute atomic E-state index is 0.544. The Morgan fingerprint density at radius 1 is 0.857 bits per heavy atom. The van der Waals surface area contributed by atoms with Crippen LogP contribution in [0.3, 0.4) is 0 Å². The molecule has 0 bridgehead atoms. The second kappa shape index (κ2) is 7.88. The number of aliphatic imine (C=N–C) groups is 2. The molecule has 0 saturated carbocycles. The van der Waals surface area contributed by atoms with Gasteiger partial charge >= 0.3 is 0 Å². The lowest BCUT2D eigenvalue weighted by Gasteiger charge is -2.11. The van der Waals surface area contributed by atoms with E-state index in [-0.39, 0.29) is 0 Å². The Hall–Kier alpha value is -2.58. The molecule has 0 atom stereocenters. The van der Waals surface area contributed by atoms with Crippen molar-refractivity contribution in [3.8, 4) is 11.5 Å². The molecule has 0 saturated heterocycles. The number of hydrogen-bond donors (Lipinski definition) is 0. The highest BCUT2D eigenvalue weighted by Crippen LogP contribution is 2.37. The minimum atomic E-state index is 0.544. The van der Waals surface area contributed by atoms with E-state index in [9.17, 15) is 0 Å². The SMILES string of the molecule is CCOc1cccc(N=C=Nc2ccccc2)c1OCC. The van der Waals surface area contributed by atoms with Gasteiger partial charge in [0.25, 0.3) is 0 Å². The molecule has 2 aromatic rings. The topological polar surface area (TPSA) is 43.2 Å². The van der Waals surface area contributed by atoms with Gasteiger partial charge in [0, 0.05) is 0 Å². The minimum Gasteiger partial charge on any atom is -0.490 e. The summed E-state index contributed by atoms with van der Waals surface area (Å²) >= 11 is 0. The molecular formula is C17H18N2O2. The number of benzene rings is 2. The molecule has 4 heteroatoms. The van der Waals surface area contributed by atoms with Crippen molar-refractivity contribution in [3.05, 3.63) is 48.5 Å². The standard InChI is InChI=1S/C17H18N2O2/c1-3-20-16-12-8-11-15(17(16)21-4-2)19-13-18-14-9-6-5-7-10-14/h5-12H,3-4H2,1-2H3. The quantitative estimate of drug-likeness (QED) is 0.725. The molecule has 2 rings (SSSR count). The van der Waals surface area contributed by atoms with Gasteiger partial charge in [0.15, 0.2) is 11.5 Å². The number of para-hydroxylation sites is 2. The van der Waals surface area contributed by atoms with Gasteiger partial charge in [-0.25, -0.2) is 0 Å². The molecule has 0 aliphatic rings. The Balaban J connectivity index is 2.30. The van der Waals surface area contributed by atoms with Crippen LogP contribution in [0.5, 0.6) is 11.5 Å². The maximum atomic E-state index is 5.62. The Labute approximate surface area is 124 Å². The fraction of sp³-hybridized carbons (Fsp3) is 0.235. The predicted octanol–water partition coefficient (Wildman–Crippen LogP) is 4.62. The number of nitrogens with zero attached hydrogens (tertiary/aromatic N) is 2. The van der Waals surface area contributed by atoms with Crippen LogP contribution in [0, 0.1) is 0 Å². The van der Waals surface area contributed by atoms with Crippen LogP contribution in [0.4, 0.5) is 11.4 Å². The summed E-state index contributed by atoms with van der Waals surface area (Å²) in [5.74, 6) is 1.31.